The average molecular weight is 271 g/mol. The van der Waals surface area contributed by atoms with Crippen molar-refractivity contribution in [3.05, 3.63) is 79.4 Å². The van der Waals surface area contributed by atoms with Crippen molar-refractivity contribution in [2.45, 2.75) is 0 Å². The molecule has 0 N–H and O–H groups in total. The zero-order valence-corrected chi connectivity index (χ0v) is 11.3. The second-order valence-corrected chi connectivity index (χ2v) is 4.89. The van der Waals surface area contributed by atoms with Crippen LogP contribution in [0.25, 0.3) is 27.8 Å². The largest absolute Gasteiger partial charge is 0.301 e. The van der Waals surface area contributed by atoms with Gasteiger partial charge in [-0.3, -0.25) is 4.98 Å². The van der Waals surface area contributed by atoms with Gasteiger partial charge in [0.25, 0.3) is 0 Å². The van der Waals surface area contributed by atoms with Crippen molar-refractivity contribution in [3.8, 4) is 16.8 Å². The molecule has 0 aliphatic heterocycles. The second kappa shape index (κ2) is 4.87. The van der Waals surface area contributed by atoms with Gasteiger partial charge in [0.15, 0.2) is 0 Å². The van der Waals surface area contributed by atoms with Crippen LogP contribution in [0.3, 0.4) is 0 Å². The van der Waals surface area contributed by atoms with Crippen LogP contribution in [0.4, 0.5) is 0 Å². The highest BCUT2D eigenvalue weighted by molar-refractivity contribution is 5.78. The summed E-state index contributed by atoms with van der Waals surface area (Å²) < 4.78 is 2.10. The topological polar surface area (TPSA) is 30.7 Å². The molecule has 3 heteroatoms. The number of rotatable bonds is 2. The third-order valence-electron chi connectivity index (χ3n) is 3.59. The van der Waals surface area contributed by atoms with Gasteiger partial charge in [0, 0.05) is 35.9 Å². The summed E-state index contributed by atoms with van der Waals surface area (Å²) in [6, 6.07) is 18.6. The molecule has 0 radical (unpaired) electrons. The van der Waals surface area contributed by atoms with Crippen molar-refractivity contribution < 1.29 is 0 Å². The van der Waals surface area contributed by atoms with Crippen molar-refractivity contribution in [2.75, 3.05) is 0 Å². The van der Waals surface area contributed by atoms with Gasteiger partial charge in [0.1, 0.15) is 5.65 Å². The lowest BCUT2D eigenvalue weighted by atomic mass is 10.1. The van der Waals surface area contributed by atoms with Gasteiger partial charge in [-0.05, 0) is 47.5 Å². The smallest absolute Gasteiger partial charge is 0.144 e. The summed E-state index contributed by atoms with van der Waals surface area (Å²) >= 11 is 0. The van der Waals surface area contributed by atoms with Gasteiger partial charge in [-0.15, -0.1) is 0 Å². The van der Waals surface area contributed by atoms with E-state index in [1.165, 1.54) is 0 Å². The molecule has 4 rings (SSSR count). The van der Waals surface area contributed by atoms with Gasteiger partial charge in [0.05, 0.1) is 0 Å². The van der Waals surface area contributed by atoms with E-state index in [1.807, 2.05) is 24.5 Å². The zero-order valence-electron chi connectivity index (χ0n) is 11.3. The third-order valence-corrected chi connectivity index (χ3v) is 3.59. The first kappa shape index (κ1) is 11.9. The fourth-order valence-corrected chi connectivity index (χ4v) is 2.52. The molecule has 0 bridgehead atoms. The minimum Gasteiger partial charge on any atom is -0.301 e. The lowest BCUT2D eigenvalue weighted by Gasteiger charge is -2.06. The molecule has 1 aromatic carbocycles. The number of nitrogens with zero attached hydrogens (tertiary/aromatic N) is 3. The first-order valence-electron chi connectivity index (χ1n) is 6.85. The van der Waals surface area contributed by atoms with Crippen LogP contribution in [0.5, 0.6) is 0 Å². The van der Waals surface area contributed by atoms with Crippen LogP contribution >= 0.6 is 0 Å². The Morgan fingerprint density at radius 2 is 1.62 bits per heavy atom. The highest BCUT2D eigenvalue weighted by atomic mass is 15.0. The lowest BCUT2D eigenvalue weighted by Crippen LogP contribution is -1.93. The minimum absolute atomic E-state index is 0.978. The lowest BCUT2D eigenvalue weighted by molar-refractivity contribution is 1.09. The normalized spacial score (nSPS) is 10.9. The molecule has 0 amide bonds. The van der Waals surface area contributed by atoms with Gasteiger partial charge in [-0.2, -0.15) is 0 Å². The Morgan fingerprint density at radius 1 is 0.762 bits per heavy atom. The maximum absolute atomic E-state index is 4.45. The van der Waals surface area contributed by atoms with Gasteiger partial charge in [-0.1, -0.05) is 18.2 Å². The third kappa shape index (κ3) is 2.09. The Bertz CT molecular complexity index is 877. The summed E-state index contributed by atoms with van der Waals surface area (Å²) in [6.07, 6.45) is 7.54. The van der Waals surface area contributed by atoms with Crippen molar-refractivity contribution in [1.82, 2.24) is 14.5 Å². The Balaban J connectivity index is 1.77. The van der Waals surface area contributed by atoms with Crippen LogP contribution in [0.15, 0.2) is 79.4 Å². The van der Waals surface area contributed by atoms with Crippen LogP contribution in [0, 0.1) is 0 Å². The van der Waals surface area contributed by atoms with E-state index in [-0.39, 0.29) is 0 Å². The number of benzene rings is 1. The molecule has 3 heterocycles. The molecule has 21 heavy (non-hydrogen) atoms. The molecule has 0 atom stereocenters. The first-order chi connectivity index (χ1) is 10.4. The van der Waals surface area contributed by atoms with Gasteiger partial charge < -0.3 is 4.57 Å². The molecule has 0 unspecified atom stereocenters. The number of fused-ring (bicyclic) bond motifs is 1. The number of aromatic nitrogens is 3. The molecule has 3 aromatic heterocycles. The Kier molecular flexibility index (Phi) is 2.75. The van der Waals surface area contributed by atoms with Crippen molar-refractivity contribution in [1.29, 1.82) is 0 Å². The molecule has 100 valence electrons. The minimum atomic E-state index is 0.978. The van der Waals surface area contributed by atoms with E-state index in [0.29, 0.717) is 0 Å². The predicted octanol–water partition coefficient (Wildman–Crippen LogP) is 4.09. The maximum Gasteiger partial charge on any atom is 0.144 e. The fourth-order valence-electron chi connectivity index (χ4n) is 2.52. The van der Waals surface area contributed by atoms with Crippen molar-refractivity contribution in [3.63, 3.8) is 0 Å². The number of hydrogen-bond acceptors (Lipinski definition) is 2. The molecule has 4 aromatic rings. The van der Waals surface area contributed by atoms with Crippen LogP contribution in [-0.4, -0.2) is 14.5 Å². The Morgan fingerprint density at radius 3 is 2.43 bits per heavy atom. The first-order valence-corrected chi connectivity index (χ1v) is 6.85. The van der Waals surface area contributed by atoms with E-state index in [9.17, 15) is 0 Å². The second-order valence-electron chi connectivity index (χ2n) is 4.89. The summed E-state index contributed by atoms with van der Waals surface area (Å²) in [6.45, 7) is 0. The van der Waals surface area contributed by atoms with Crippen LogP contribution in [-0.2, 0) is 0 Å². The van der Waals surface area contributed by atoms with Crippen molar-refractivity contribution >= 4 is 11.0 Å². The SMILES string of the molecule is c1cncc(-c2ccc(-n3ccc4cccnc43)cc2)c1. The monoisotopic (exact) mass is 271 g/mol. The Hall–Kier alpha value is -2.94. The van der Waals surface area contributed by atoms with E-state index in [4.69, 9.17) is 0 Å². The molecular weight excluding hydrogens is 258 g/mol. The predicted molar refractivity (Wildman–Crippen MR) is 84.3 cm³/mol. The van der Waals surface area contributed by atoms with Crippen LogP contribution < -0.4 is 0 Å². The van der Waals surface area contributed by atoms with E-state index >= 15 is 0 Å². The number of pyridine rings is 2. The summed E-state index contributed by atoms with van der Waals surface area (Å²) in [4.78, 5) is 8.61. The zero-order chi connectivity index (χ0) is 14.1. The summed E-state index contributed by atoms with van der Waals surface area (Å²) in [5.41, 5.74) is 4.37. The molecule has 0 saturated heterocycles. The fraction of sp³-hybridized carbons (Fsp3) is 0. The summed E-state index contributed by atoms with van der Waals surface area (Å²) in [5.74, 6) is 0. The van der Waals surface area contributed by atoms with Gasteiger partial charge in [-0.25, -0.2) is 4.98 Å². The summed E-state index contributed by atoms with van der Waals surface area (Å²) in [5, 5.41) is 1.15. The maximum atomic E-state index is 4.45. The molecule has 0 spiro atoms. The molecule has 0 aliphatic carbocycles. The van der Waals surface area contributed by atoms with Crippen LogP contribution in [0.1, 0.15) is 0 Å². The number of hydrogen-bond donors (Lipinski definition) is 0. The van der Waals surface area contributed by atoms with E-state index < -0.39 is 0 Å². The molecular formula is C18H13N3. The van der Waals surface area contributed by atoms with E-state index in [2.05, 4.69) is 63.2 Å². The quantitative estimate of drug-likeness (QED) is 0.550. The van der Waals surface area contributed by atoms with Crippen LogP contribution in [0.2, 0.25) is 0 Å². The molecule has 3 nitrogen and oxygen atoms in total. The highest BCUT2D eigenvalue weighted by Crippen LogP contribution is 2.22. The van der Waals surface area contributed by atoms with E-state index in [0.717, 1.165) is 27.8 Å². The highest BCUT2D eigenvalue weighted by Gasteiger charge is 2.04. The molecule has 0 saturated carbocycles. The van der Waals surface area contributed by atoms with Gasteiger partial charge in [0.2, 0.25) is 0 Å². The van der Waals surface area contributed by atoms with Crippen molar-refractivity contribution in [2.24, 2.45) is 0 Å². The van der Waals surface area contributed by atoms with E-state index in [1.54, 1.807) is 6.20 Å². The average Bonchev–Trinajstić information content (AvgIpc) is 3.00. The van der Waals surface area contributed by atoms with Gasteiger partial charge >= 0.3 is 0 Å². The molecule has 0 fully saturated rings. The standard InChI is InChI=1S/C18H13N3/c1-4-16(13-19-10-1)14-5-7-17(8-6-14)21-12-9-15-3-2-11-20-18(15)21/h1-13H. The summed E-state index contributed by atoms with van der Waals surface area (Å²) in [7, 11) is 0. The molecule has 0 aliphatic rings. The Labute approximate surface area is 122 Å².